The molecule has 7 nitrogen and oxygen atoms in total. The fourth-order valence-electron chi connectivity index (χ4n) is 2.54. The van der Waals surface area contributed by atoms with E-state index in [-0.39, 0.29) is 12.6 Å². The van der Waals surface area contributed by atoms with E-state index in [4.69, 9.17) is 20.4 Å². The molecule has 0 radical (unpaired) electrons. The molecule has 0 saturated carbocycles. The van der Waals surface area contributed by atoms with Crippen molar-refractivity contribution in [1.29, 1.82) is 0 Å². The van der Waals surface area contributed by atoms with Crippen LogP contribution in [0.2, 0.25) is 0 Å². The molecule has 0 aliphatic carbocycles. The van der Waals surface area contributed by atoms with Crippen LogP contribution < -0.4 is 15.8 Å². The van der Waals surface area contributed by atoms with Crippen molar-refractivity contribution in [3.8, 4) is 16.9 Å². The summed E-state index contributed by atoms with van der Waals surface area (Å²) in [5, 5.41) is 10.2. The van der Waals surface area contributed by atoms with E-state index in [9.17, 15) is 0 Å². The van der Waals surface area contributed by atoms with Gasteiger partial charge in [-0.25, -0.2) is 4.98 Å². The maximum Gasteiger partial charge on any atom is 0.290 e. The second-order valence-corrected chi connectivity index (χ2v) is 6.17. The van der Waals surface area contributed by atoms with Gasteiger partial charge in [0.05, 0.1) is 18.0 Å². The first-order chi connectivity index (χ1) is 13.5. The molecule has 0 bridgehead atoms. The second kappa shape index (κ2) is 10.5. The van der Waals surface area contributed by atoms with Crippen LogP contribution in [0.15, 0.2) is 61.1 Å². The second-order valence-electron chi connectivity index (χ2n) is 6.17. The number of benzene rings is 1. The molecule has 0 amide bonds. The molecule has 3 rings (SSSR count). The first kappa shape index (κ1) is 20.7. The van der Waals surface area contributed by atoms with Crippen molar-refractivity contribution in [3.63, 3.8) is 0 Å². The minimum Gasteiger partial charge on any atom is -0.489 e. The number of hydrogen-bond acceptors (Lipinski definition) is 6. The lowest BCUT2D eigenvalue weighted by molar-refractivity contribution is -0.122. The highest BCUT2D eigenvalue weighted by molar-refractivity contribution is 5.65. The number of nitrogen functional groups attached to an aromatic ring is 1. The summed E-state index contributed by atoms with van der Waals surface area (Å²) in [6.45, 7) is 4.42. The molecule has 4 N–H and O–H groups in total. The number of aromatic nitrogens is 2. The lowest BCUT2D eigenvalue weighted by Gasteiger charge is -2.12. The average Bonchev–Trinajstić information content (AvgIpc) is 2.68. The molecule has 0 unspecified atom stereocenters. The van der Waals surface area contributed by atoms with E-state index >= 15 is 0 Å². The highest BCUT2D eigenvalue weighted by Gasteiger charge is 2.05. The molecule has 146 valence electrons. The predicted octanol–water partition coefficient (Wildman–Crippen LogP) is 3.83. The highest BCUT2D eigenvalue weighted by Crippen LogP contribution is 2.24. The molecule has 0 fully saturated rings. The third-order valence-corrected chi connectivity index (χ3v) is 3.67. The Labute approximate surface area is 164 Å². The van der Waals surface area contributed by atoms with E-state index in [0.717, 1.165) is 28.1 Å². The number of nitrogens with one attached hydrogen (secondary N) is 1. The Hall–Kier alpha value is -3.61. The molecule has 0 atom stereocenters. The van der Waals surface area contributed by atoms with Gasteiger partial charge in [0.2, 0.25) is 0 Å². The third-order valence-electron chi connectivity index (χ3n) is 3.67. The van der Waals surface area contributed by atoms with Gasteiger partial charge in [-0.3, -0.25) is 9.78 Å². The smallest absolute Gasteiger partial charge is 0.290 e. The van der Waals surface area contributed by atoms with E-state index in [2.05, 4.69) is 33.5 Å². The van der Waals surface area contributed by atoms with Crippen molar-refractivity contribution in [2.24, 2.45) is 0 Å². The van der Waals surface area contributed by atoms with E-state index in [1.54, 1.807) is 12.4 Å². The summed E-state index contributed by atoms with van der Waals surface area (Å²) >= 11 is 0. The molecule has 0 aliphatic rings. The molecule has 0 saturated heterocycles. The van der Waals surface area contributed by atoms with E-state index in [1.807, 2.05) is 44.3 Å². The largest absolute Gasteiger partial charge is 0.489 e. The van der Waals surface area contributed by atoms with Crippen molar-refractivity contribution in [1.82, 2.24) is 9.97 Å². The van der Waals surface area contributed by atoms with Crippen molar-refractivity contribution < 1.29 is 14.6 Å². The van der Waals surface area contributed by atoms with Gasteiger partial charge in [-0.05, 0) is 49.2 Å². The van der Waals surface area contributed by atoms with Gasteiger partial charge < -0.3 is 20.9 Å². The lowest BCUT2D eigenvalue weighted by atomic mass is 10.0. The summed E-state index contributed by atoms with van der Waals surface area (Å²) in [6.07, 6.45) is 5.39. The molecule has 2 heterocycles. The van der Waals surface area contributed by atoms with Gasteiger partial charge in [0.25, 0.3) is 6.47 Å². The van der Waals surface area contributed by atoms with E-state index in [0.29, 0.717) is 12.4 Å². The predicted molar refractivity (Wildman–Crippen MR) is 110 cm³/mol. The molecule has 0 aliphatic heterocycles. The summed E-state index contributed by atoms with van der Waals surface area (Å²) in [7, 11) is 0. The van der Waals surface area contributed by atoms with Crippen LogP contribution in [0, 0.1) is 0 Å². The SMILES string of the molecule is CC(C)Oc1cncc(-c2cccc(CNc3cccnc3N)c2)c1.O=CO. The summed E-state index contributed by atoms with van der Waals surface area (Å²) in [5.41, 5.74) is 9.98. The Balaban J connectivity index is 0.000000878. The monoisotopic (exact) mass is 380 g/mol. The Morgan fingerprint density at radius 2 is 1.96 bits per heavy atom. The number of nitrogens with zero attached hydrogens (tertiary/aromatic N) is 2. The van der Waals surface area contributed by atoms with Gasteiger partial charge in [-0.15, -0.1) is 0 Å². The van der Waals surface area contributed by atoms with Crippen LogP contribution >= 0.6 is 0 Å². The summed E-state index contributed by atoms with van der Waals surface area (Å²) in [5.74, 6) is 1.28. The van der Waals surface area contributed by atoms with Crippen LogP contribution in [0.1, 0.15) is 19.4 Å². The van der Waals surface area contributed by atoms with Gasteiger partial charge in [0.1, 0.15) is 11.6 Å². The van der Waals surface area contributed by atoms with Crippen molar-refractivity contribution in [2.75, 3.05) is 11.1 Å². The maximum atomic E-state index is 8.36. The standard InChI is InChI=1S/C20H22N4O.CH2O2/c1-14(2)25-18-10-17(12-22-13-18)16-6-3-5-15(9-16)11-24-19-7-4-8-23-20(19)21;2-1-3/h3-10,12-14,24H,11H2,1-2H3,(H2,21,23);1H,(H,2,3). The molecule has 0 spiro atoms. The quantitative estimate of drug-likeness (QED) is 0.557. The fourth-order valence-corrected chi connectivity index (χ4v) is 2.54. The van der Waals surface area contributed by atoms with Crippen LogP contribution in [0.4, 0.5) is 11.5 Å². The number of carboxylic acid groups (broad SMARTS) is 1. The Morgan fingerprint density at radius 3 is 2.68 bits per heavy atom. The molecule has 7 heteroatoms. The zero-order valence-electron chi connectivity index (χ0n) is 15.9. The molecular weight excluding hydrogens is 356 g/mol. The number of carbonyl (C=O) groups is 1. The van der Waals surface area contributed by atoms with Crippen LogP contribution in [0.25, 0.3) is 11.1 Å². The molecular formula is C21H24N4O3. The highest BCUT2D eigenvalue weighted by atomic mass is 16.5. The lowest BCUT2D eigenvalue weighted by Crippen LogP contribution is -2.05. The first-order valence-corrected chi connectivity index (χ1v) is 8.76. The van der Waals surface area contributed by atoms with Crippen molar-refractivity contribution in [2.45, 2.75) is 26.5 Å². The summed E-state index contributed by atoms with van der Waals surface area (Å²) in [4.78, 5) is 16.7. The minimum atomic E-state index is -0.250. The molecule has 3 aromatic rings. The fraction of sp³-hybridized carbons (Fsp3) is 0.190. The third kappa shape index (κ3) is 6.28. The van der Waals surface area contributed by atoms with Gasteiger partial charge >= 0.3 is 0 Å². The van der Waals surface area contributed by atoms with Crippen molar-refractivity contribution >= 4 is 18.0 Å². The number of hydrogen-bond donors (Lipinski definition) is 3. The minimum absolute atomic E-state index is 0.123. The Kier molecular flexibility index (Phi) is 7.77. The Bertz CT molecular complexity index is 900. The number of nitrogens with two attached hydrogens (primary N) is 1. The number of rotatable bonds is 6. The Morgan fingerprint density at radius 1 is 1.18 bits per heavy atom. The van der Waals surface area contributed by atoms with Gasteiger partial charge in [-0.1, -0.05) is 18.2 Å². The number of ether oxygens (including phenoxy) is 1. The van der Waals surface area contributed by atoms with Crippen LogP contribution in [-0.4, -0.2) is 27.7 Å². The zero-order valence-corrected chi connectivity index (χ0v) is 15.9. The average molecular weight is 380 g/mol. The van der Waals surface area contributed by atoms with E-state index in [1.165, 1.54) is 0 Å². The first-order valence-electron chi connectivity index (χ1n) is 8.76. The van der Waals surface area contributed by atoms with Gasteiger partial charge in [-0.2, -0.15) is 0 Å². The number of anilines is 2. The van der Waals surface area contributed by atoms with Gasteiger partial charge in [0.15, 0.2) is 0 Å². The summed E-state index contributed by atoms with van der Waals surface area (Å²) < 4.78 is 5.73. The molecule has 2 aromatic heterocycles. The van der Waals surface area contributed by atoms with Crippen LogP contribution in [0.3, 0.4) is 0 Å². The zero-order chi connectivity index (χ0) is 20.4. The number of pyridine rings is 2. The van der Waals surface area contributed by atoms with E-state index < -0.39 is 0 Å². The van der Waals surface area contributed by atoms with Gasteiger partial charge in [0, 0.05) is 24.5 Å². The summed E-state index contributed by atoms with van der Waals surface area (Å²) in [6, 6.07) is 14.1. The van der Waals surface area contributed by atoms with Crippen molar-refractivity contribution in [3.05, 3.63) is 66.6 Å². The van der Waals surface area contributed by atoms with Crippen LogP contribution in [0.5, 0.6) is 5.75 Å². The topological polar surface area (TPSA) is 110 Å². The van der Waals surface area contributed by atoms with Crippen LogP contribution in [-0.2, 0) is 11.3 Å². The maximum absolute atomic E-state index is 8.36. The molecule has 1 aromatic carbocycles. The molecule has 28 heavy (non-hydrogen) atoms. The normalized spacial score (nSPS) is 9.96.